The lowest BCUT2D eigenvalue weighted by Gasteiger charge is -2.25. The minimum Gasteiger partial charge on any atom is -0.323 e. The molecule has 0 bridgehead atoms. The third-order valence-electron chi connectivity index (χ3n) is 5.68. The number of rotatable bonds is 2. The molecule has 25 heavy (non-hydrogen) atoms. The molecule has 1 aromatic carbocycles. The molecule has 2 heterocycles. The maximum absolute atomic E-state index is 12.9. The highest BCUT2D eigenvalue weighted by Crippen LogP contribution is 2.33. The molecule has 0 aromatic heterocycles. The maximum Gasteiger partial charge on any atom is 0.325 e. The van der Waals surface area contributed by atoms with Crippen molar-refractivity contribution in [2.24, 2.45) is 0 Å². The highest BCUT2D eigenvalue weighted by molar-refractivity contribution is 6.10. The fourth-order valence-electron chi connectivity index (χ4n) is 4.31. The molecule has 1 spiro atoms. The number of amides is 4. The van der Waals surface area contributed by atoms with E-state index in [2.05, 4.69) is 5.32 Å². The number of para-hydroxylation sites is 1. The van der Waals surface area contributed by atoms with Crippen LogP contribution in [0.5, 0.6) is 0 Å². The van der Waals surface area contributed by atoms with Crippen LogP contribution in [0.4, 0.5) is 10.5 Å². The van der Waals surface area contributed by atoms with Crippen molar-refractivity contribution in [1.29, 1.82) is 0 Å². The van der Waals surface area contributed by atoms with Crippen LogP contribution in [-0.4, -0.2) is 41.4 Å². The lowest BCUT2D eigenvalue weighted by atomic mass is 9.90. The number of carbonyl (C=O) groups is 3. The van der Waals surface area contributed by atoms with E-state index in [-0.39, 0.29) is 18.4 Å². The summed E-state index contributed by atoms with van der Waals surface area (Å²) >= 11 is 0. The number of hydrogen-bond acceptors (Lipinski definition) is 3. The molecule has 1 saturated carbocycles. The summed E-state index contributed by atoms with van der Waals surface area (Å²) < 4.78 is 0. The van der Waals surface area contributed by atoms with Crippen molar-refractivity contribution in [2.75, 3.05) is 18.0 Å². The summed E-state index contributed by atoms with van der Waals surface area (Å²) in [6.07, 6.45) is 6.22. The summed E-state index contributed by atoms with van der Waals surface area (Å²) in [5, 5.41) is 2.89. The van der Waals surface area contributed by atoms with Crippen molar-refractivity contribution in [3.8, 4) is 0 Å². The van der Waals surface area contributed by atoms with Gasteiger partial charge in [0.25, 0.3) is 5.91 Å². The second kappa shape index (κ2) is 6.17. The Morgan fingerprint density at radius 1 is 1.08 bits per heavy atom. The zero-order valence-electron chi connectivity index (χ0n) is 14.3. The minimum atomic E-state index is -0.781. The maximum atomic E-state index is 12.9. The van der Waals surface area contributed by atoms with Crippen LogP contribution in [0.25, 0.3) is 0 Å². The van der Waals surface area contributed by atoms with Crippen molar-refractivity contribution in [3.05, 3.63) is 29.8 Å². The van der Waals surface area contributed by atoms with Gasteiger partial charge < -0.3 is 10.2 Å². The Morgan fingerprint density at radius 2 is 1.80 bits per heavy atom. The molecule has 0 radical (unpaired) electrons. The fraction of sp³-hybridized carbons (Fsp3) is 0.526. The Morgan fingerprint density at radius 3 is 2.56 bits per heavy atom. The number of nitrogens with zero attached hydrogens (tertiary/aromatic N) is 2. The lowest BCUT2D eigenvalue weighted by Crippen LogP contribution is -2.47. The first-order valence-corrected chi connectivity index (χ1v) is 9.13. The topological polar surface area (TPSA) is 69.7 Å². The van der Waals surface area contributed by atoms with Crippen LogP contribution in [0.15, 0.2) is 24.3 Å². The summed E-state index contributed by atoms with van der Waals surface area (Å²) in [5.74, 6) is -0.417. The smallest absolute Gasteiger partial charge is 0.323 e. The van der Waals surface area contributed by atoms with Crippen LogP contribution in [0.1, 0.15) is 44.1 Å². The Labute approximate surface area is 147 Å². The van der Waals surface area contributed by atoms with Crippen LogP contribution < -0.4 is 10.2 Å². The minimum absolute atomic E-state index is 0.180. The van der Waals surface area contributed by atoms with E-state index >= 15 is 0 Å². The number of urea groups is 1. The van der Waals surface area contributed by atoms with Gasteiger partial charge in [-0.15, -0.1) is 0 Å². The number of benzene rings is 1. The molecule has 4 amide bonds. The van der Waals surface area contributed by atoms with Gasteiger partial charge in [0.1, 0.15) is 12.1 Å². The standard InChI is InChI=1S/C19H23N3O3/c23-16(21-12-9-14-7-3-4-8-15(14)21)13-22-17(24)19(20-18(22)25)10-5-1-2-6-11-19/h3-4,7-8H,1-2,5-6,9-13H2,(H,20,25). The van der Waals surface area contributed by atoms with Gasteiger partial charge >= 0.3 is 6.03 Å². The van der Waals surface area contributed by atoms with Crippen molar-refractivity contribution in [3.63, 3.8) is 0 Å². The SMILES string of the molecule is O=C1NC2(CCCCCC2)C(=O)N1CC(=O)N1CCc2ccccc21. The number of carbonyl (C=O) groups excluding carboxylic acids is 3. The number of imide groups is 1. The van der Waals surface area contributed by atoms with E-state index in [1.807, 2.05) is 24.3 Å². The summed E-state index contributed by atoms with van der Waals surface area (Å²) in [6, 6.07) is 7.36. The van der Waals surface area contributed by atoms with E-state index in [4.69, 9.17) is 0 Å². The van der Waals surface area contributed by atoms with Crippen molar-refractivity contribution < 1.29 is 14.4 Å². The molecule has 3 aliphatic rings. The molecular formula is C19H23N3O3. The van der Waals surface area contributed by atoms with Gasteiger partial charge in [-0.2, -0.15) is 0 Å². The molecular weight excluding hydrogens is 318 g/mol. The van der Waals surface area contributed by atoms with Crippen LogP contribution in [-0.2, 0) is 16.0 Å². The van der Waals surface area contributed by atoms with Crippen molar-refractivity contribution >= 4 is 23.5 Å². The Hall–Kier alpha value is -2.37. The molecule has 132 valence electrons. The molecule has 2 fully saturated rings. The first-order chi connectivity index (χ1) is 12.1. The number of anilines is 1. The molecule has 1 N–H and O–H groups in total. The zero-order chi connectivity index (χ0) is 17.4. The Kier molecular flexibility index (Phi) is 3.98. The van der Waals surface area contributed by atoms with Gasteiger partial charge in [-0.3, -0.25) is 14.5 Å². The first kappa shape index (κ1) is 16.1. The zero-order valence-corrected chi connectivity index (χ0v) is 14.3. The molecule has 1 aromatic rings. The van der Waals surface area contributed by atoms with Crippen LogP contribution in [0, 0.1) is 0 Å². The van der Waals surface area contributed by atoms with Crippen molar-refractivity contribution in [2.45, 2.75) is 50.5 Å². The third-order valence-corrected chi connectivity index (χ3v) is 5.68. The summed E-state index contributed by atoms with van der Waals surface area (Å²) in [5.41, 5.74) is 1.24. The van der Waals surface area contributed by atoms with Gasteiger partial charge in [-0.1, -0.05) is 43.9 Å². The van der Waals surface area contributed by atoms with Crippen LogP contribution in [0.2, 0.25) is 0 Å². The molecule has 6 heteroatoms. The Bertz CT molecular complexity index is 722. The second-order valence-corrected chi connectivity index (χ2v) is 7.24. The fourth-order valence-corrected chi connectivity index (χ4v) is 4.31. The molecule has 6 nitrogen and oxygen atoms in total. The normalized spacial score (nSPS) is 22.1. The van der Waals surface area contributed by atoms with E-state index in [0.717, 1.165) is 48.3 Å². The predicted octanol–water partition coefficient (Wildman–Crippen LogP) is 2.22. The molecule has 4 rings (SSSR count). The highest BCUT2D eigenvalue weighted by Gasteiger charge is 2.51. The second-order valence-electron chi connectivity index (χ2n) is 7.24. The van der Waals surface area contributed by atoms with Gasteiger partial charge in [0.05, 0.1) is 0 Å². The molecule has 1 saturated heterocycles. The van der Waals surface area contributed by atoms with Crippen LogP contribution >= 0.6 is 0 Å². The summed E-state index contributed by atoms with van der Waals surface area (Å²) in [4.78, 5) is 40.9. The number of nitrogens with one attached hydrogen (secondary N) is 1. The quantitative estimate of drug-likeness (QED) is 0.839. The summed E-state index contributed by atoms with van der Waals surface area (Å²) in [7, 11) is 0. The van der Waals surface area contributed by atoms with E-state index in [0.29, 0.717) is 19.4 Å². The monoisotopic (exact) mass is 341 g/mol. The number of hydrogen-bond donors (Lipinski definition) is 1. The molecule has 1 aliphatic carbocycles. The average Bonchev–Trinajstić information content (AvgIpc) is 3.02. The van der Waals surface area contributed by atoms with Gasteiger partial charge in [0.15, 0.2) is 0 Å². The number of fused-ring (bicyclic) bond motifs is 1. The lowest BCUT2D eigenvalue weighted by molar-refractivity contribution is -0.134. The Balaban J connectivity index is 1.50. The third kappa shape index (κ3) is 2.69. The van der Waals surface area contributed by atoms with E-state index in [1.54, 1.807) is 4.90 Å². The van der Waals surface area contributed by atoms with E-state index in [1.165, 1.54) is 0 Å². The van der Waals surface area contributed by atoms with Gasteiger partial charge in [-0.25, -0.2) is 4.79 Å². The first-order valence-electron chi connectivity index (χ1n) is 9.13. The van der Waals surface area contributed by atoms with Gasteiger partial charge in [0.2, 0.25) is 5.91 Å². The molecule has 0 unspecified atom stereocenters. The average molecular weight is 341 g/mol. The summed E-state index contributed by atoms with van der Waals surface area (Å²) in [6.45, 7) is 0.424. The van der Waals surface area contributed by atoms with E-state index < -0.39 is 11.6 Å². The van der Waals surface area contributed by atoms with Crippen LogP contribution in [0.3, 0.4) is 0 Å². The van der Waals surface area contributed by atoms with Crippen molar-refractivity contribution in [1.82, 2.24) is 10.2 Å². The highest BCUT2D eigenvalue weighted by atomic mass is 16.2. The predicted molar refractivity (Wildman–Crippen MR) is 93.2 cm³/mol. The molecule has 0 atom stereocenters. The van der Waals surface area contributed by atoms with Gasteiger partial charge in [0, 0.05) is 12.2 Å². The molecule has 2 aliphatic heterocycles. The largest absolute Gasteiger partial charge is 0.325 e. The van der Waals surface area contributed by atoms with Gasteiger partial charge in [-0.05, 0) is 30.9 Å². The van der Waals surface area contributed by atoms with E-state index in [9.17, 15) is 14.4 Å².